The van der Waals surface area contributed by atoms with Gasteiger partial charge in [-0.25, -0.2) is 14.4 Å². The first-order valence-electron chi connectivity index (χ1n) is 12.5. The van der Waals surface area contributed by atoms with Crippen molar-refractivity contribution in [3.8, 4) is 0 Å². The van der Waals surface area contributed by atoms with Crippen molar-refractivity contribution in [2.75, 3.05) is 36.0 Å². The Morgan fingerprint density at radius 1 is 1.07 bits per heavy atom. The van der Waals surface area contributed by atoms with Crippen LogP contribution in [0.1, 0.15) is 36.0 Å². The summed E-state index contributed by atoms with van der Waals surface area (Å²) in [5.41, 5.74) is 12.2. The minimum Gasteiger partial charge on any atom is -0.481 e. The quantitative estimate of drug-likeness (QED) is 0.0997. The summed E-state index contributed by atoms with van der Waals surface area (Å²) in [4.78, 5) is 80.1. The maximum Gasteiger partial charge on any atom is 0.466 e. The molecule has 3 rings (SSSR count). The molecule has 42 heavy (non-hydrogen) atoms. The summed E-state index contributed by atoms with van der Waals surface area (Å²) in [5.74, 6) is -3.65. The van der Waals surface area contributed by atoms with Gasteiger partial charge in [0.15, 0.2) is 11.5 Å². The maximum atomic E-state index is 12.6. The first kappa shape index (κ1) is 33.9. The summed E-state index contributed by atoms with van der Waals surface area (Å²) in [6, 6.07) is 4.95. The van der Waals surface area contributed by atoms with Gasteiger partial charge in [-0.05, 0) is 50.1 Å². The number of carboxylic acids is 2. The van der Waals surface area contributed by atoms with E-state index in [1.807, 2.05) is 0 Å². The van der Waals surface area contributed by atoms with Crippen LogP contribution in [0.15, 0.2) is 34.1 Å². The lowest BCUT2D eigenvalue weighted by Gasteiger charge is -2.19. The number of aromatic amines is 1. The van der Waals surface area contributed by atoms with E-state index in [0.717, 1.165) is 0 Å². The SMILES string of the molecule is NCCCCC(CC(NC(=O)c1ccc(NCC2=Nc3c(nc(N)[nH]c3=O)NC2)cc1)C(=O)O)C(=O)O.O=P(O)(O)O. The van der Waals surface area contributed by atoms with Gasteiger partial charge in [-0.2, -0.15) is 4.98 Å². The Labute approximate surface area is 238 Å². The number of nitrogen functional groups attached to an aromatic ring is 1. The second kappa shape index (κ2) is 15.6. The van der Waals surface area contributed by atoms with Crippen molar-refractivity contribution in [1.29, 1.82) is 0 Å². The number of aliphatic carboxylic acids is 2. The van der Waals surface area contributed by atoms with Gasteiger partial charge < -0.3 is 52.3 Å². The molecule has 13 N–H and O–H groups in total. The van der Waals surface area contributed by atoms with Gasteiger partial charge in [0.2, 0.25) is 5.95 Å². The van der Waals surface area contributed by atoms with Crippen LogP contribution in [0, 0.1) is 5.92 Å². The van der Waals surface area contributed by atoms with Crippen molar-refractivity contribution < 1.29 is 43.8 Å². The number of fused-ring (bicyclic) bond motifs is 1. The lowest BCUT2D eigenvalue weighted by atomic mass is 9.94. The minimum atomic E-state index is -4.64. The van der Waals surface area contributed by atoms with Gasteiger partial charge in [0.25, 0.3) is 11.5 Å². The second-order valence-corrected chi connectivity index (χ2v) is 10.1. The number of rotatable bonds is 13. The molecule has 1 aliphatic rings. The fourth-order valence-corrected chi connectivity index (χ4v) is 3.77. The van der Waals surface area contributed by atoms with Gasteiger partial charge in [0, 0.05) is 11.3 Å². The predicted octanol–water partition coefficient (Wildman–Crippen LogP) is -0.563. The zero-order valence-electron chi connectivity index (χ0n) is 22.2. The van der Waals surface area contributed by atoms with Crippen LogP contribution in [-0.4, -0.2) is 84.1 Å². The first-order chi connectivity index (χ1) is 19.7. The lowest BCUT2D eigenvalue weighted by molar-refractivity contribution is -0.144. The van der Waals surface area contributed by atoms with E-state index in [-0.39, 0.29) is 30.0 Å². The van der Waals surface area contributed by atoms with Crippen LogP contribution in [0.5, 0.6) is 0 Å². The Kier molecular flexibility index (Phi) is 12.6. The molecule has 2 heterocycles. The number of H-pyrrole nitrogens is 1. The standard InChI is InChI=1S/C23H30N8O6.H3O4P/c24-8-2-1-3-13(21(34)35)9-16(22(36)37)29-19(32)12-4-6-14(7-5-12)26-10-15-11-27-18-17(28-15)20(33)31-23(25)30-18;1-5(2,3)4/h4-7,13,16,26H,1-3,8-11,24H2,(H,29,32)(H,34,35)(H,36,37)(H4,25,27,30,31,33);(H3,1,2,3,4). The largest absolute Gasteiger partial charge is 0.481 e. The number of carbonyl (C=O) groups excluding carboxylic acids is 1. The molecule has 2 unspecified atom stereocenters. The maximum absolute atomic E-state index is 12.6. The molecule has 1 amide bonds. The van der Waals surface area contributed by atoms with Crippen molar-refractivity contribution in [3.63, 3.8) is 0 Å². The van der Waals surface area contributed by atoms with E-state index in [1.54, 1.807) is 12.1 Å². The van der Waals surface area contributed by atoms with Crippen molar-refractivity contribution in [3.05, 3.63) is 40.2 Å². The molecule has 0 saturated carbocycles. The van der Waals surface area contributed by atoms with Crippen molar-refractivity contribution in [2.45, 2.75) is 31.7 Å². The lowest BCUT2D eigenvalue weighted by Crippen LogP contribution is -2.43. The smallest absolute Gasteiger partial charge is 0.466 e. The zero-order chi connectivity index (χ0) is 31.4. The average molecular weight is 613 g/mol. The predicted molar refractivity (Wildman–Crippen MR) is 152 cm³/mol. The third kappa shape index (κ3) is 11.6. The van der Waals surface area contributed by atoms with E-state index in [1.165, 1.54) is 12.1 Å². The Morgan fingerprint density at radius 2 is 1.71 bits per heavy atom. The van der Waals surface area contributed by atoms with E-state index in [9.17, 15) is 29.4 Å². The molecule has 18 nitrogen and oxygen atoms in total. The number of amides is 1. The summed E-state index contributed by atoms with van der Waals surface area (Å²) in [7, 11) is -4.64. The number of nitrogens with one attached hydrogen (secondary N) is 4. The molecule has 1 aromatic heterocycles. The van der Waals surface area contributed by atoms with Crippen LogP contribution in [-0.2, 0) is 14.2 Å². The fraction of sp³-hybridized carbons (Fsp3) is 0.391. The molecule has 1 aliphatic heterocycles. The van der Waals surface area contributed by atoms with Crippen molar-refractivity contribution in [1.82, 2.24) is 15.3 Å². The highest BCUT2D eigenvalue weighted by molar-refractivity contribution is 7.45. The molecule has 19 heteroatoms. The van der Waals surface area contributed by atoms with Gasteiger partial charge in [-0.3, -0.25) is 19.4 Å². The molecule has 0 bridgehead atoms. The van der Waals surface area contributed by atoms with E-state index < -0.39 is 43.2 Å². The summed E-state index contributed by atoms with van der Waals surface area (Å²) in [6.07, 6.45) is 1.23. The number of unbranched alkanes of at least 4 members (excludes halogenated alkanes) is 1. The van der Waals surface area contributed by atoms with Gasteiger partial charge in [0.05, 0.1) is 24.7 Å². The number of aliphatic imine (C=N–C) groups is 1. The Balaban J connectivity index is 0.00000113. The van der Waals surface area contributed by atoms with E-state index in [2.05, 4.69) is 30.9 Å². The summed E-state index contributed by atoms with van der Waals surface area (Å²) >= 11 is 0. The number of hydrogen-bond donors (Lipinski definition) is 11. The monoisotopic (exact) mass is 612 g/mol. The van der Waals surface area contributed by atoms with Crippen LogP contribution in [0.3, 0.4) is 0 Å². The normalized spacial score (nSPS) is 13.7. The molecule has 230 valence electrons. The molecular formula is C23H33N8O10P. The molecule has 0 aliphatic carbocycles. The minimum absolute atomic E-state index is 0.00367. The third-order valence-corrected chi connectivity index (χ3v) is 5.77. The Morgan fingerprint density at radius 3 is 2.29 bits per heavy atom. The van der Waals surface area contributed by atoms with E-state index >= 15 is 0 Å². The van der Waals surface area contributed by atoms with Crippen molar-refractivity contribution in [2.24, 2.45) is 16.6 Å². The molecular weight excluding hydrogens is 579 g/mol. The summed E-state index contributed by atoms with van der Waals surface area (Å²) in [6.45, 7) is 1.09. The molecule has 0 spiro atoms. The van der Waals surface area contributed by atoms with Crippen LogP contribution in [0.4, 0.5) is 23.1 Å². The summed E-state index contributed by atoms with van der Waals surface area (Å²) in [5, 5.41) is 27.5. The highest BCUT2D eigenvalue weighted by Gasteiger charge is 2.28. The Hall–Kier alpha value is -4.35. The van der Waals surface area contributed by atoms with Crippen LogP contribution < -0.4 is 33.0 Å². The topological polar surface area (TPSA) is 316 Å². The molecule has 2 aromatic rings. The van der Waals surface area contributed by atoms with Crippen LogP contribution in [0.25, 0.3) is 0 Å². The van der Waals surface area contributed by atoms with Crippen LogP contribution in [0.2, 0.25) is 0 Å². The number of nitrogens with zero attached hydrogens (tertiary/aromatic N) is 2. The highest BCUT2D eigenvalue weighted by Crippen LogP contribution is 2.26. The van der Waals surface area contributed by atoms with Gasteiger partial charge >= 0.3 is 19.8 Å². The number of carboxylic acid groups (broad SMARTS) is 2. The number of carbonyl (C=O) groups is 3. The van der Waals surface area contributed by atoms with Gasteiger partial charge in [-0.1, -0.05) is 6.42 Å². The first-order valence-corrected chi connectivity index (χ1v) is 14.0. The van der Waals surface area contributed by atoms with Crippen molar-refractivity contribution >= 4 is 54.5 Å². The molecule has 0 radical (unpaired) electrons. The fourth-order valence-electron chi connectivity index (χ4n) is 3.77. The van der Waals surface area contributed by atoms with Gasteiger partial charge in [0.1, 0.15) is 6.04 Å². The number of aromatic nitrogens is 2. The molecule has 0 saturated heterocycles. The average Bonchev–Trinajstić information content (AvgIpc) is 2.90. The van der Waals surface area contributed by atoms with Crippen LogP contribution >= 0.6 is 7.82 Å². The number of hydrogen-bond acceptors (Lipinski definition) is 11. The molecule has 1 aromatic carbocycles. The molecule has 0 fully saturated rings. The number of phosphoric acid groups is 1. The third-order valence-electron chi connectivity index (χ3n) is 5.77. The Bertz CT molecular complexity index is 1380. The zero-order valence-corrected chi connectivity index (χ0v) is 23.1. The number of nitrogens with two attached hydrogens (primary N) is 2. The van der Waals surface area contributed by atoms with Gasteiger partial charge in [-0.15, -0.1) is 0 Å². The van der Waals surface area contributed by atoms with E-state index in [0.29, 0.717) is 49.7 Å². The molecule has 2 atom stereocenters. The number of anilines is 3. The highest BCUT2D eigenvalue weighted by atomic mass is 31.2. The van der Waals surface area contributed by atoms with E-state index in [4.69, 9.17) is 30.7 Å². The summed E-state index contributed by atoms with van der Waals surface area (Å²) < 4.78 is 8.88. The number of benzene rings is 1. The second-order valence-electron chi connectivity index (χ2n) is 9.04.